The average molecular weight is 340 g/mol. The molecule has 18 heavy (non-hydrogen) atoms. The molecule has 0 bridgehead atoms. The molecule has 90 valence electrons. The van der Waals surface area contributed by atoms with Gasteiger partial charge in [0, 0.05) is 20.9 Å². The third-order valence-electron chi connectivity index (χ3n) is 2.57. The van der Waals surface area contributed by atoms with E-state index in [1.54, 1.807) is 17.5 Å². The van der Waals surface area contributed by atoms with Gasteiger partial charge in [0.05, 0.1) is 11.4 Å². The normalized spacial score (nSPS) is 11.0. The van der Waals surface area contributed by atoms with E-state index in [0.29, 0.717) is 5.88 Å². The number of halogens is 2. The van der Waals surface area contributed by atoms with Gasteiger partial charge in [-0.3, -0.25) is 0 Å². The SMILES string of the molecule is ClCc1cnc(-c2nc3ccccc3cc2Br)s1. The maximum atomic E-state index is 5.80. The molecule has 0 spiro atoms. The second-order valence-electron chi connectivity index (χ2n) is 3.78. The number of alkyl halides is 1. The van der Waals surface area contributed by atoms with E-state index in [1.165, 1.54) is 0 Å². The number of para-hydroxylation sites is 1. The number of hydrogen-bond acceptors (Lipinski definition) is 3. The molecule has 0 unspecified atom stereocenters. The Balaban J connectivity index is 2.19. The number of rotatable bonds is 2. The minimum Gasteiger partial charge on any atom is -0.244 e. The molecule has 2 nitrogen and oxygen atoms in total. The Morgan fingerprint density at radius 2 is 2.11 bits per heavy atom. The number of hydrogen-bond donors (Lipinski definition) is 0. The fourth-order valence-electron chi connectivity index (χ4n) is 1.72. The van der Waals surface area contributed by atoms with Gasteiger partial charge >= 0.3 is 0 Å². The standard InChI is InChI=1S/C13H8BrClN2S/c14-10-5-8-3-1-2-4-11(8)17-12(10)13-16-7-9(6-15)18-13/h1-5,7H,6H2. The van der Waals surface area contributed by atoms with Crippen LogP contribution in [0.1, 0.15) is 4.88 Å². The van der Waals surface area contributed by atoms with Gasteiger partial charge in [-0.25, -0.2) is 9.97 Å². The van der Waals surface area contributed by atoms with E-state index in [0.717, 1.165) is 31.0 Å². The first-order valence-electron chi connectivity index (χ1n) is 5.34. The summed E-state index contributed by atoms with van der Waals surface area (Å²) in [5.41, 5.74) is 1.84. The topological polar surface area (TPSA) is 25.8 Å². The molecule has 0 aliphatic heterocycles. The summed E-state index contributed by atoms with van der Waals surface area (Å²) >= 11 is 10.9. The van der Waals surface area contributed by atoms with Crippen LogP contribution in [0.2, 0.25) is 0 Å². The Labute approximate surface area is 122 Å². The van der Waals surface area contributed by atoms with Crippen molar-refractivity contribution < 1.29 is 0 Å². The minimum absolute atomic E-state index is 0.489. The van der Waals surface area contributed by atoms with E-state index < -0.39 is 0 Å². The van der Waals surface area contributed by atoms with Crippen molar-refractivity contribution in [2.75, 3.05) is 0 Å². The maximum absolute atomic E-state index is 5.80. The first-order chi connectivity index (χ1) is 8.78. The smallest absolute Gasteiger partial charge is 0.143 e. The zero-order valence-electron chi connectivity index (χ0n) is 9.23. The Kier molecular flexibility index (Phi) is 3.33. The maximum Gasteiger partial charge on any atom is 0.143 e. The zero-order valence-corrected chi connectivity index (χ0v) is 12.4. The highest BCUT2D eigenvalue weighted by Crippen LogP contribution is 2.32. The minimum atomic E-state index is 0.489. The molecule has 2 aromatic heterocycles. The fourth-order valence-corrected chi connectivity index (χ4v) is 3.37. The molecular formula is C13H8BrClN2S. The molecule has 5 heteroatoms. The van der Waals surface area contributed by atoms with Crippen LogP contribution >= 0.6 is 38.9 Å². The molecule has 0 atom stereocenters. The van der Waals surface area contributed by atoms with Crippen molar-refractivity contribution in [1.29, 1.82) is 0 Å². The van der Waals surface area contributed by atoms with Gasteiger partial charge in [0.15, 0.2) is 0 Å². The molecular weight excluding hydrogens is 332 g/mol. The van der Waals surface area contributed by atoms with Gasteiger partial charge in [-0.1, -0.05) is 18.2 Å². The zero-order chi connectivity index (χ0) is 12.5. The van der Waals surface area contributed by atoms with Crippen LogP contribution in [0.15, 0.2) is 41.0 Å². The lowest BCUT2D eigenvalue weighted by molar-refractivity contribution is 1.31. The van der Waals surface area contributed by atoms with Crippen LogP contribution in [-0.4, -0.2) is 9.97 Å². The second kappa shape index (κ2) is 4.96. The van der Waals surface area contributed by atoms with Gasteiger partial charge < -0.3 is 0 Å². The summed E-state index contributed by atoms with van der Waals surface area (Å²) < 4.78 is 0.955. The first kappa shape index (κ1) is 12.1. The van der Waals surface area contributed by atoms with Crippen molar-refractivity contribution in [3.05, 3.63) is 45.9 Å². The Morgan fingerprint density at radius 3 is 2.89 bits per heavy atom. The van der Waals surface area contributed by atoms with Crippen LogP contribution < -0.4 is 0 Å². The van der Waals surface area contributed by atoms with Crippen LogP contribution in [0.25, 0.3) is 21.6 Å². The second-order valence-corrected chi connectivity index (χ2v) is 6.01. The molecule has 0 N–H and O–H groups in total. The van der Waals surface area contributed by atoms with Crippen LogP contribution in [0.3, 0.4) is 0 Å². The number of aromatic nitrogens is 2. The van der Waals surface area contributed by atoms with Crippen molar-refractivity contribution in [2.45, 2.75) is 5.88 Å². The molecule has 2 heterocycles. The highest BCUT2D eigenvalue weighted by molar-refractivity contribution is 9.10. The quantitative estimate of drug-likeness (QED) is 0.623. The molecule has 0 aliphatic carbocycles. The van der Waals surface area contributed by atoms with Crippen molar-refractivity contribution in [3.63, 3.8) is 0 Å². The van der Waals surface area contributed by atoms with Crippen molar-refractivity contribution in [1.82, 2.24) is 9.97 Å². The van der Waals surface area contributed by atoms with Crippen molar-refractivity contribution in [3.8, 4) is 10.7 Å². The van der Waals surface area contributed by atoms with Gasteiger partial charge in [-0.15, -0.1) is 22.9 Å². The number of nitrogens with zero attached hydrogens (tertiary/aromatic N) is 2. The molecule has 3 aromatic rings. The van der Waals surface area contributed by atoms with Crippen molar-refractivity contribution >= 4 is 49.8 Å². The summed E-state index contributed by atoms with van der Waals surface area (Å²) in [4.78, 5) is 10.1. The molecule has 1 aromatic carbocycles. The Morgan fingerprint density at radius 1 is 1.28 bits per heavy atom. The first-order valence-corrected chi connectivity index (χ1v) is 7.48. The van der Waals surface area contributed by atoms with E-state index >= 15 is 0 Å². The molecule has 0 saturated carbocycles. The van der Waals surface area contributed by atoms with Crippen LogP contribution in [0.4, 0.5) is 0 Å². The van der Waals surface area contributed by atoms with Gasteiger partial charge in [-0.2, -0.15) is 0 Å². The monoisotopic (exact) mass is 338 g/mol. The van der Waals surface area contributed by atoms with Gasteiger partial charge in [0.1, 0.15) is 10.7 Å². The van der Waals surface area contributed by atoms with Crippen LogP contribution in [0, 0.1) is 0 Å². The summed E-state index contributed by atoms with van der Waals surface area (Å²) in [6, 6.07) is 10.1. The summed E-state index contributed by atoms with van der Waals surface area (Å²) in [6.45, 7) is 0. The van der Waals surface area contributed by atoms with Gasteiger partial charge in [-0.05, 0) is 28.1 Å². The number of pyridine rings is 1. The van der Waals surface area contributed by atoms with Crippen molar-refractivity contribution in [2.24, 2.45) is 0 Å². The average Bonchev–Trinajstić information content (AvgIpc) is 2.86. The van der Waals surface area contributed by atoms with E-state index in [9.17, 15) is 0 Å². The Bertz CT molecular complexity index is 711. The van der Waals surface area contributed by atoms with Crippen LogP contribution in [0.5, 0.6) is 0 Å². The number of fused-ring (bicyclic) bond motifs is 1. The summed E-state index contributed by atoms with van der Waals surface area (Å²) in [7, 11) is 0. The highest BCUT2D eigenvalue weighted by atomic mass is 79.9. The fraction of sp³-hybridized carbons (Fsp3) is 0.0769. The molecule has 0 fully saturated rings. The molecule has 3 rings (SSSR count). The number of benzene rings is 1. The third-order valence-corrected chi connectivity index (χ3v) is 4.62. The lowest BCUT2D eigenvalue weighted by atomic mass is 10.2. The lowest BCUT2D eigenvalue weighted by Crippen LogP contribution is -1.86. The van der Waals surface area contributed by atoms with E-state index in [4.69, 9.17) is 11.6 Å². The summed E-state index contributed by atoms with van der Waals surface area (Å²) in [6.07, 6.45) is 1.80. The molecule has 0 saturated heterocycles. The predicted octanol–water partition coefficient (Wildman–Crippen LogP) is 4.86. The Hall–Kier alpha value is -0.970. The molecule has 0 radical (unpaired) electrons. The lowest BCUT2D eigenvalue weighted by Gasteiger charge is -2.03. The van der Waals surface area contributed by atoms with Crippen LogP contribution in [-0.2, 0) is 5.88 Å². The van der Waals surface area contributed by atoms with Gasteiger partial charge in [0.2, 0.25) is 0 Å². The summed E-state index contributed by atoms with van der Waals surface area (Å²) in [5.74, 6) is 0.489. The largest absolute Gasteiger partial charge is 0.244 e. The van der Waals surface area contributed by atoms with E-state index in [1.807, 2.05) is 24.3 Å². The molecule has 0 amide bonds. The third kappa shape index (κ3) is 2.16. The van der Waals surface area contributed by atoms with E-state index in [2.05, 4.69) is 32.0 Å². The molecule has 0 aliphatic rings. The number of thiazole rings is 1. The van der Waals surface area contributed by atoms with Gasteiger partial charge in [0.25, 0.3) is 0 Å². The van der Waals surface area contributed by atoms with E-state index in [-0.39, 0.29) is 0 Å². The summed E-state index contributed by atoms with van der Waals surface area (Å²) in [5, 5.41) is 2.01. The highest BCUT2D eigenvalue weighted by Gasteiger charge is 2.11. The predicted molar refractivity (Wildman–Crippen MR) is 80.1 cm³/mol.